The van der Waals surface area contributed by atoms with Gasteiger partial charge in [0, 0.05) is 49.1 Å². The van der Waals surface area contributed by atoms with Gasteiger partial charge in [0.05, 0.1) is 17.1 Å². The van der Waals surface area contributed by atoms with E-state index < -0.39 is 5.60 Å². The third-order valence-electron chi connectivity index (χ3n) is 5.89. The first-order chi connectivity index (χ1) is 15.6. The van der Waals surface area contributed by atoms with Crippen molar-refractivity contribution < 1.29 is 9.53 Å². The van der Waals surface area contributed by atoms with E-state index in [2.05, 4.69) is 29.8 Å². The van der Waals surface area contributed by atoms with Crippen LogP contribution in [0.4, 0.5) is 10.6 Å². The Hall–Kier alpha value is -3.60. The number of aromatic nitrogens is 3. The van der Waals surface area contributed by atoms with Crippen LogP contribution in [0.1, 0.15) is 45.7 Å². The molecule has 1 fully saturated rings. The second-order valence-corrected chi connectivity index (χ2v) is 9.71. The minimum atomic E-state index is -0.527. The SMILES string of the molecule is Cc1cn(-c2cc(C#N)ccn2)c2ccnc(N3C[C@@H](C)N(C(=O)OC(C)(C)C)C[C@@H]3C)c12. The van der Waals surface area contributed by atoms with Crippen molar-refractivity contribution in [2.75, 3.05) is 18.0 Å². The molecule has 1 amide bonds. The fourth-order valence-corrected chi connectivity index (χ4v) is 4.37. The van der Waals surface area contributed by atoms with Gasteiger partial charge in [-0.15, -0.1) is 0 Å². The number of carbonyl (C=O) groups is 1. The molecule has 172 valence electrons. The summed E-state index contributed by atoms with van der Waals surface area (Å²) >= 11 is 0. The van der Waals surface area contributed by atoms with E-state index in [0.717, 1.165) is 22.3 Å². The van der Waals surface area contributed by atoms with Gasteiger partial charge in [-0.1, -0.05) is 0 Å². The number of rotatable bonds is 2. The molecule has 1 aliphatic heterocycles. The molecule has 0 N–H and O–H groups in total. The molecule has 2 atom stereocenters. The van der Waals surface area contributed by atoms with Gasteiger partial charge >= 0.3 is 6.09 Å². The van der Waals surface area contributed by atoms with E-state index in [1.54, 1.807) is 24.5 Å². The van der Waals surface area contributed by atoms with Gasteiger partial charge in [0.2, 0.25) is 0 Å². The fourth-order valence-electron chi connectivity index (χ4n) is 4.37. The Morgan fingerprint density at radius 3 is 2.58 bits per heavy atom. The van der Waals surface area contributed by atoms with Crippen LogP contribution in [0.5, 0.6) is 0 Å². The number of nitrogens with zero attached hydrogens (tertiary/aromatic N) is 6. The predicted octanol–water partition coefficient (Wildman–Crippen LogP) is 4.43. The Kier molecular flexibility index (Phi) is 5.75. The van der Waals surface area contributed by atoms with E-state index in [0.29, 0.717) is 24.5 Å². The summed E-state index contributed by atoms with van der Waals surface area (Å²) in [6.07, 6.45) is 5.21. The van der Waals surface area contributed by atoms with Crippen LogP contribution in [0.25, 0.3) is 16.7 Å². The summed E-state index contributed by atoms with van der Waals surface area (Å²) in [5, 5.41) is 10.3. The lowest BCUT2D eigenvalue weighted by Crippen LogP contribution is -2.59. The van der Waals surface area contributed by atoms with Gasteiger partial charge in [0.15, 0.2) is 0 Å². The Morgan fingerprint density at radius 1 is 1.15 bits per heavy atom. The van der Waals surface area contributed by atoms with Crippen LogP contribution in [0.15, 0.2) is 36.8 Å². The summed E-state index contributed by atoms with van der Waals surface area (Å²) in [7, 11) is 0. The second kappa shape index (κ2) is 8.39. The third-order valence-corrected chi connectivity index (χ3v) is 5.89. The van der Waals surface area contributed by atoms with E-state index >= 15 is 0 Å². The number of piperazine rings is 1. The van der Waals surface area contributed by atoms with Gasteiger partial charge in [-0.3, -0.25) is 0 Å². The van der Waals surface area contributed by atoms with Crippen molar-refractivity contribution in [1.29, 1.82) is 5.26 Å². The number of fused-ring (bicyclic) bond motifs is 1. The maximum Gasteiger partial charge on any atom is 0.410 e. The molecule has 0 aromatic carbocycles. The summed E-state index contributed by atoms with van der Waals surface area (Å²) in [6.45, 7) is 13.1. The van der Waals surface area contributed by atoms with E-state index in [4.69, 9.17) is 9.72 Å². The minimum Gasteiger partial charge on any atom is -0.444 e. The average molecular weight is 447 g/mol. The smallest absolute Gasteiger partial charge is 0.410 e. The van der Waals surface area contributed by atoms with Crippen LogP contribution < -0.4 is 4.90 Å². The first-order valence-electron chi connectivity index (χ1n) is 11.2. The molecule has 0 saturated carbocycles. The number of hydrogen-bond donors (Lipinski definition) is 0. The molecule has 33 heavy (non-hydrogen) atoms. The highest BCUT2D eigenvalue weighted by molar-refractivity contribution is 5.95. The first-order valence-corrected chi connectivity index (χ1v) is 11.2. The van der Waals surface area contributed by atoms with Crippen molar-refractivity contribution in [2.24, 2.45) is 0 Å². The molecular weight excluding hydrogens is 416 g/mol. The number of anilines is 1. The molecule has 3 aromatic heterocycles. The van der Waals surface area contributed by atoms with Crippen molar-refractivity contribution >= 4 is 22.8 Å². The average Bonchev–Trinajstić information content (AvgIpc) is 3.11. The van der Waals surface area contributed by atoms with Crippen molar-refractivity contribution in [3.8, 4) is 11.9 Å². The quantitative estimate of drug-likeness (QED) is 0.579. The molecule has 0 bridgehead atoms. The van der Waals surface area contributed by atoms with Gasteiger partial charge in [0.25, 0.3) is 0 Å². The van der Waals surface area contributed by atoms with Crippen LogP contribution in [0.3, 0.4) is 0 Å². The summed E-state index contributed by atoms with van der Waals surface area (Å²) < 4.78 is 7.62. The molecule has 0 radical (unpaired) electrons. The monoisotopic (exact) mass is 446 g/mol. The number of hydrogen-bond acceptors (Lipinski definition) is 6. The molecule has 0 unspecified atom stereocenters. The van der Waals surface area contributed by atoms with Gasteiger partial charge < -0.3 is 19.1 Å². The molecule has 8 nitrogen and oxygen atoms in total. The number of carbonyl (C=O) groups excluding carboxylic acids is 1. The number of aryl methyl sites for hydroxylation is 1. The van der Waals surface area contributed by atoms with Crippen LogP contribution in [-0.2, 0) is 4.74 Å². The van der Waals surface area contributed by atoms with Gasteiger partial charge in [-0.25, -0.2) is 14.8 Å². The maximum atomic E-state index is 12.7. The summed E-state index contributed by atoms with van der Waals surface area (Å²) in [4.78, 5) is 26.0. The molecule has 3 aromatic rings. The van der Waals surface area contributed by atoms with E-state index in [-0.39, 0.29) is 18.2 Å². The number of pyridine rings is 2. The van der Waals surface area contributed by atoms with Crippen LogP contribution in [0.2, 0.25) is 0 Å². The number of nitriles is 1. The van der Waals surface area contributed by atoms with Gasteiger partial charge in [-0.2, -0.15) is 5.26 Å². The highest BCUT2D eigenvalue weighted by Crippen LogP contribution is 2.33. The first kappa shape index (κ1) is 22.6. The Morgan fingerprint density at radius 2 is 1.88 bits per heavy atom. The van der Waals surface area contributed by atoms with Crippen LogP contribution in [0, 0.1) is 18.3 Å². The summed E-state index contributed by atoms with van der Waals surface area (Å²) in [5.41, 5.74) is 2.09. The largest absolute Gasteiger partial charge is 0.444 e. The standard InChI is InChI=1S/C25H30N6O2/c1-16-13-31(21-11-19(12-26)7-9-27-21)20-8-10-28-23(22(16)20)29-14-18(3)30(15-17(29)2)24(32)33-25(4,5)6/h7-11,13,17-18H,14-15H2,1-6H3/t17-,18+/m0/s1. The molecule has 4 rings (SSSR count). The molecule has 4 heterocycles. The summed E-state index contributed by atoms with van der Waals surface area (Å²) in [5.74, 6) is 1.59. The lowest BCUT2D eigenvalue weighted by molar-refractivity contribution is 0.0130. The molecular formula is C25H30N6O2. The topological polar surface area (TPSA) is 87.3 Å². The zero-order valence-electron chi connectivity index (χ0n) is 20.0. The van der Waals surface area contributed by atoms with Crippen molar-refractivity contribution in [3.63, 3.8) is 0 Å². The van der Waals surface area contributed by atoms with E-state index in [1.165, 1.54) is 0 Å². The molecule has 1 saturated heterocycles. The van der Waals surface area contributed by atoms with Crippen LogP contribution >= 0.6 is 0 Å². The normalized spacial score (nSPS) is 18.9. The van der Waals surface area contributed by atoms with Gasteiger partial charge in [0.1, 0.15) is 17.2 Å². The fraction of sp³-hybridized carbons (Fsp3) is 0.440. The van der Waals surface area contributed by atoms with Crippen molar-refractivity contribution in [1.82, 2.24) is 19.4 Å². The van der Waals surface area contributed by atoms with E-state index in [9.17, 15) is 10.1 Å². The highest BCUT2D eigenvalue weighted by Gasteiger charge is 2.36. The number of ether oxygens (including phenoxy) is 1. The lowest BCUT2D eigenvalue weighted by atomic mass is 10.1. The minimum absolute atomic E-state index is 0.0236. The Bertz CT molecular complexity index is 1240. The predicted molar refractivity (Wildman–Crippen MR) is 128 cm³/mol. The molecule has 0 aliphatic carbocycles. The lowest BCUT2D eigenvalue weighted by Gasteiger charge is -2.44. The molecule has 1 aliphatic rings. The van der Waals surface area contributed by atoms with Crippen molar-refractivity contribution in [2.45, 2.75) is 59.2 Å². The zero-order chi connectivity index (χ0) is 23.9. The molecule has 8 heteroatoms. The van der Waals surface area contributed by atoms with Crippen LogP contribution in [-0.4, -0.2) is 56.3 Å². The second-order valence-electron chi connectivity index (χ2n) is 9.71. The highest BCUT2D eigenvalue weighted by atomic mass is 16.6. The molecule has 0 spiro atoms. The van der Waals surface area contributed by atoms with Crippen molar-refractivity contribution in [3.05, 3.63) is 47.9 Å². The zero-order valence-corrected chi connectivity index (χ0v) is 20.0. The van der Waals surface area contributed by atoms with Gasteiger partial charge in [-0.05, 0) is 65.3 Å². The van der Waals surface area contributed by atoms with E-state index in [1.807, 2.05) is 49.4 Å². The Labute approximate surface area is 194 Å². The summed E-state index contributed by atoms with van der Waals surface area (Å²) in [6, 6.07) is 7.66. The maximum absolute atomic E-state index is 12.7. The number of amides is 1. The Balaban J connectivity index is 1.69. The third kappa shape index (κ3) is 4.36.